The maximum atomic E-state index is 4.24. The van der Waals surface area contributed by atoms with E-state index in [2.05, 4.69) is 30.8 Å². The van der Waals surface area contributed by atoms with Crippen LogP contribution in [0, 0.1) is 6.92 Å². The molecule has 3 nitrogen and oxygen atoms in total. The second-order valence-corrected chi connectivity index (χ2v) is 3.81. The van der Waals surface area contributed by atoms with Crippen molar-refractivity contribution in [3.63, 3.8) is 0 Å². The zero-order valence-corrected chi connectivity index (χ0v) is 9.46. The Morgan fingerprint density at radius 3 is 2.71 bits per heavy atom. The van der Waals surface area contributed by atoms with Gasteiger partial charge in [-0.3, -0.25) is 4.68 Å². The summed E-state index contributed by atoms with van der Waals surface area (Å²) in [4.78, 5) is 0. The van der Waals surface area contributed by atoms with Gasteiger partial charge in [-0.2, -0.15) is 5.10 Å². The van der Waals surface area contributed by atoms with Crippen LogP contribution in [-0.4, -0.2) is 16.8 Å². The summed E-state index contributed by atoms with van der Waals surface area (Å²) in [7, 11) is 3.94. The minimum atomic E-state index is 0.334. The van der Waals surface area contributed by atoms with Crippen LogP contribution in [0.5, 0.6) is 0 Å². The third-order valence-electron chi connectivity index (χ3n) is 2.55. The highest BCUT2D eigenvalue weighted by Gasteiger charge is 2.14. The molecule has 78 valence electrons. The molecule has 1 aromatic rings. The largest absolute Gasteiger partial charge is 0.313 e. The lowest BCUT2D eigenvalue weighted by Gasteiger charge is -2.15. The Labute approximate surface area is 85.8 Å². The van der Waals surface area contributed by atoms with E-state index in [9.17, 15) is 0 Å². The van der Waals surface area contributed by atoms with Crippen molar-refractivity contribution >= 4 is 0 Å². The lowest BCUT2D eigenvalue weighted by Crippen LogP contribution is -2.17. The second-order valence-electron chi connectivity index (χ2n) is 3.81. The molecule has 0 aliphatic rings. The van der Waals surface area contributed by atoms with Crippen LogP contribution < -0.4 is 5.32 Å². The third kappa shape index (κ3) is 2.23. The summed E-state index contributed by atoms with van der Waals surface area (Å²) in [5, 5.41) is 7.53. The van der Waals surface area contributed by atoms with Gasteiger partial charge in [0.2, 0.25) is 0 Å². The number of nitrogens with zero attached hydrogens (tertiary/aromatic N) is 2. The zero-order chi connectivity index (χ0) is 10.7. The fourth-order valence-electron chi connectivity index (χ4n) is 1.57. The Bertz CT molecular complexity index is 325. The summed E-state index contributed by atoms with van der Waals surface area (Å²) in [6, 6.07) is 0.334. The molecule has 0 amide bonds. The minimum absolute atomic E-state index is 0.334. The Morgan fingerprint density at radius 1 is 1.71 bits per heavy atom. The molecule has 0 aromatic carbocycles. The van der Waals surface area contributed by atoms with Crippen molar-refractivity contribution < 1.29 is 0 Å². The first-order valence-corrected chi connectivity index (χ1v) is 4.86. The fraction of sp³-hybridized carbons (Fsp3) is 0.545. The monoisotopic (exact) mass is 193 g/mol. The number of aromatic nitrogens is 2. The van der Waals surface area contributed by atoms with E-state index in [0.717, 1.165) is 6.42 Å². The first kappa shape index (κ1) is 11.0. The average molecular weight is 193 g/mol. The normalized spacial score (nSPS) is 12.9. The van der Waals surface area contributed by atoms with Gasteiger partial charge in [0, 0.05) is 24.3 Å². The van der Waals surface area contributed by atoms with Crippen molar-refractivity contribution in [3.05, 3.63) is 29.6 Å². The lowest BCUT2D eigenvalue weighted by atomic mass is 10.0. The van der Waals surface area contributed by atoms with Gasteiger partial charge in [-0.25, -0.2) is 0 Å². The van der Waals surface area contributed by atoms with Crippen LogP contribution in [0.2, 0.25) is 0 Å². The number of nitrogens with one attached hydrogen (secondary N) is 1. The van der Waals surface area contributed by atoms with Crippen LogP contribution in [0.1, 0.15) is 30.6 Å². The molecule has 14 heavy (non-hydrogen) atoms. The van der Waals surface area contributed by atoms with Crippen molar-refractivity contribution in [2.45, 2.75) is 26.3 Å². The van der Waals surface area contributed by atoms with Crippen LogP contribution in [0.15, 0.2) is 18.3 Å². The molecule has 0 aliphatic heterocycles. The smallest absolute Gasteiger partial charge is 0.0540 e. The number of hydrogen-bond donors (Lipinski definition) is 1. The lowest BCUT2D eigenvalue weighted by molar-refractivity contribution is 0.584. The number of rotatable bonds is 4. The highest BCUT2D eigenvalue weighted by Crippen LogP contribution is 2.22. The van der Waals surface area contributed by atoms with Crippen molar-refractivity contribution in [1.29, 1.82) is 0 Å². The predicted octanol–water partition coefficient (Wildman–Crippen LogP) is 1.96. The van der Waals surface area contributed by atoms with E-state index in [0.29, 0.717) is 6.04 Å². The Hall–Kier alpha value is -1.09. The summed E-state index contributed by atoms with van der Waals surface area (Å²) in [5.41, 5.74) is 3.66. The van der Waals surface area contributed by atoms with Crippen LogP contribution in [0.4, 0.5) is 0 Å². The molecule has 1 rings (SSSR count). The SMILES string of the molecule is C=C(C)CC(NC)c1cnn(C)c1C. The summed E-state index contributed by atoms with van der Waals surface area (Å²) < 4.78 is 1.90. The van der Waals surface area contributed by atoms with Gasteiger partial charge < -0.3 is 5.32 Å². The molecule has 0 aliphatic carbocycles. The first-order chi connectivity index (χ1) is 6.56. The van der Waals surface area contributed by atoms with E-state index in [1.165, 1.54) is 16.8 Å². The van der Waals surface area contributed by atoms with Crippen LogP contribution in [-0.2, 0) is 7.05 Å². The minimum Gasteiger partial charge on any atom is -0.313 e. The van der Waals surface area contributed by atoms with Crippen LogP contribution in [0.3, 0.4) is 0 Å². The Balaban J connectivity index is 2.89. The van der Waals surface area contributed by atoms with E-state index in [-0.39, 0.29) is 0 Å². The van der Waals surface area contributed by atoms with Gasteiger partial charge in [0.1, 0.15) is 0 Å². The molecule has 0 saturated carbocycles. The van der Waals surface area contributed by atoms with Gasteiger partial charge in [0.25, 0.3) is 0 Å². The molecule has 0 radical (unpaired) electrons. The third-order valence-corrected chi connectivity index (χ3v) is 2.55. The van der Waals surface area contributed by atoms with Gasteiger partial charge in [-0.15, -0.1) is 6.58 Å². The summed E-state index contributed by atoms with van der Waals surface area (Å²) in [6.07, 6.45) is 2.89. The fourth-order valence-corrected chi connectivity index (χ4v) is 1.57. The maximum absolute atomic E-state index is 4.24. The summed E-state index contributed by atoms with van der Waals surface area (Å²) in [6.45, 7) is 8.08. The highest BCUT2D eigenvalue weighted by atomic mass is 15.3. The van der Waals surface area contributed by atoms with Crippen molar-refractivity contribution in [1.82, 2.24) is 15.1 Å². The van der Waals surface area contributed by atoms with E-state index >= 15 is 0 Å². The van der Waals surface area contributed by atoms with E-state index in [1.807, 2.05) is 25.0 Å². The molecular formula is C11H19N3. The van der Waals surface area contributed by atoms with Gasteiger partial charge >= 0.3 is 0 Å². The number of aryl methyl sites for hydroxylation is 1. The molecule has 3 heteroatoms. The van der Waals surface area contributed by atoms with Gasteiger partial charge in [0.15, 0.2) is 0 Å². The maximum Gasteiger partial charge on any atom is 0.0540 e. The van der Waals surface area contributed by atoms with E-state index in [1.54, 1.807) is 0 Å². The van der Waals surface area contributed by atoms with Crippen molar-refractivity contribution in [2.24, 2.45) is 7.05 Å². The van der Waals surface area contributed by atoms with Crippen molar-refractivity contribution in [3.8, 4) is 0 Å². The Morgan fingerprint density at radius 2 is 2.36 bits per heavy atom. The second kappa shape index (κ2) is 4.42. The van der Waals surface area contributed by atoms with Crippen molar-refractivity contribution in [2.75, 3.05) is 7.05 Å². The van der Waals surface area contributed by atoms with Gasteiger partial charge in [-0.1, -0.05) is 5.57 Å². The molecule has 0 saturated heterocycles. The topological polar surface area (TPSA) is 29.9 Å². The molecule has 1 unspecified atom stereocenters. The van der Waals surface area contributed by atoms with Crippen LogP contribution >= 0.6 is 0 Å². The molecule has 0 bridgehead atoms. The summed E-state index contributed by atoms with van der Waals surface area (Å²) in [5.74, 6) is 0. The molecule has 1 aromatic heterocycles. The number of hydrogen-bond acceptors (Lipinski definition) is 2. The van der Waals surface area contributed by atoms with Gasteiger partial charge in [-0.05, 0) is 27.3 Å². The molecule has 1 atom stereocenters. The van der Waals surface area contributed by atoms with E-state index in [4.69, 9.17) is 0 Å². The molecule has 0 fully saturated rings. The van der Waals surface area contributed by atoms with E-state index < -0.39 is 0 Å². The molecule has 1 N–H and O–H groups in total. The quantitative estimate of drug-likeness (QED) is 0.741. The van der Waals surface area contributed by atoms with Gasteiger partial charge in [0.05, 0.1) is 6.20 Å². The Kier molecular flexibility index (Phi) is 3.47. The van der Waals surface area contributed by atoms with Crippen LogP contribution in [0.25, 0.3) is 0 Å². The standard InChI is InChI=1S/C11H19N3/c1-8(2)6-11(12-4)10-7-13-14(5)9(10)3/h7,11-12H,1,6H2,2-5H3. The molecule has 0 spiro atoms. The first-order valence-electron chi connectivity index (χ1n) is 4.86. The average Bonchev–Trinajstić information content (AvgIpc) is 2.44. The summed E-state index contributed by atoms with van der Waals surface area (Å²) >= 11 is 0. The highest BCUT2D eigenvalue weighted by molar-refractivity contribution is 5.22. The molecule has 1 heterocycles. The molecular weight excluding hydrogens is 174 g/mol. The zero-order valence-electron chi connectivity index (χ0n) is 9.46. The predicted molar refractivity (Wildman–Crippen MR) is 59.2 cm³/mol.